The Balaban J connectivity index is 1.90. The molecule has 2 unspecified atom stereocenters. The van der Waals surface area contributed by atoms with Gasteiger partial charge in [0.2, 0.25) is 0 Å². The van der Waals surface area contributed by atoms with Gasteiger partial charge in [-0.1, -0.05) is 30.3 Å². The minimum atomic E-state index is -0.949. The van der Waals surface area contributed by atoms with Crippen molar-refractivity contribution in [3.05, 3.63) is 35.9 Å². The van der Waals surface area contributed by atoms with Crippen LogP contribution in [0.4, 0.5) is 4.79 Å². The average molecular weight is 321 g/mol. The van der Waals surface area contributed by atoms with Gasteiger partial charge >= 0.3 is 12.1 Å². The van der Waals surface area contributed by atoms with Gasteiger partial charge in [0.05, 0.1) is 12.0 Å². The van der Waals surface area contributed by atoms with Crippen LogP contribution in [-0.2, 0) is 20.9 Å². The Morgan fingerprint density at radius 1 is 1.39 bits per heavy atom. The van der Waals surface area contributed by atoms with Gasteiger partial charge in [0.25, 0.3) is 0 Å². The van der Waals surface area contributed by atoms with Crippen LogP contribution in [0.1, 0.15) is 31.7 Å². The first kappa shape index (κ1) is 17.3. The molecular formula is C17H23NO5. The second kappa shape index (κ2) is 7.97. The number of hydrogen-bond donors (Lipinski definition) is 2. The molecule has 1 aromatic carbocycles. The van der Waals surface area contributed by atoms with E-state index < -0.39 is 17.6 Å². The van der Waals surface area contributed by atoms with Crippen molar-refractivity contribution >= 4 is 12.1 Å². The fourth-order valence-electron chi connectivity index (χ4n) is 2.89. The second-order valence-corrected chi connectivity index (χ2v) is 6.25. The maximum Gasteiger partial charge on any atom is 0.407 e. The molecule has 2 rings (SSSR count). The highest BCUT2D eigenvalue weighted by Gasteiger charge is 2.34. The topological polar surface area (TPSA) is 84.9 Å². The van der Waals surface area contributed by atoms with Crippen LogP contribution < -0.4 is 5.32 Å². The van der Waals surface area contributed by atoms with Gasteiger partial charge in [-0.25, -0.2) is 4.79 Å². The lowest BCUT2D eigenvalue weighted by Crippen LogP contribution is -2.49. The van der Waals surface area contributed by atoms with E-state index in [2.05, 4.69) is 5.32 Å². The van der Waals surface area contributed by atoms with E-state index in [0.717, 1.165) is 12.0 Å². The predicted molar refractivity (Wildman–Crippen MR) is 84.0 cm³/mol. The Bertz CT molecular complexity index is 527. The Labute approximate surface area is 135 Å². The van der Waals surface area contributed by atoms with E-state index in [4.69, 9.17) is 14.6 Å². The van der Waals surface area contributed by atoms with E-state index >= 15 is 0 Å². The van der Waals surface area contributed by atoms with Crippen molar-refractivity contribution in [2.45, 2.75) is 38.3 Å². The fourth-order valence-corrected chi connectivity index (χ4v) is 2.89. The zero-order valence-corrected chi connectivity index (χ0v) is 13.3. The van der Waals surface area contributed by atoms with Gasteiger partial charge in [-0.05, 0) is 31.2 Å². The van der Waals surface area contributed by atoms with Gasteiger partial charge in [0.15, 0.2) is 0 Å². The number of rotatable bonds is 7. The van der Waals surface area contributed by atoms with Crippen LogP contribution in [0.3, 0.4) is 0 Å². The zero-order valence-electron chi connectivity index (χ0n) is 13.3. The Hall–Kier alpha value is -2.08. The van der Waals surface area contributed by atoms with Gasteiger partial charge in [0, 0.05) is 13.2 Å². The summed E-state index contributed by atoms with van der Waals surface area (Å²) < 4.78 is 10.5. The van der Waals surface area contributed by atoms with Crippen LogP contribution in [0.5, 0.6) is 0 Å². The smallest absolute Gasteiger partial charge is 0.407 e. The van der Waals surface area contributed by atoms with Crippen molar-refractivity contribution in [1.82, 2.24) is 5.32 Å². The van der Waals surface area contributed by atoms with Crippen LogP contribution >= 0.6 is 0 Å². The van der Waals surface area contributed by atoms with Crippen molar-refractivity contribution in [3.8, 4) is 0 Å². The molecule has 1 aromatic rings. The largest absolute Gasteiger partial charge is 0.481 e. The van der Waals surface area contributed by atoms with E-state index in [0.29, 0.717) is 19.6 Å². The van der Waals surface area contributed by atoms with Gasteiger partial charge in [-0.2, -0.15) is 0 Å². The van der Waals surface area contributed by atoms with Crippen LogP contribution in [-0.4, -0.2) is 35.9 Å². The Morgan fingerprint density at radius 2 is 2.13 bits per heavy atom. The number of benzene rings is 1. The highest BCUT2D eigenvalue weighted by Crippen LogP contribution is 2.26. The van der Waals surface area contributed by atoms with Crippen molar-refractivity contribution in [2.24, 2.45) is 5.92 Å². The zero-order chi connectivity index (χ0) is 16.7. The first-order valence-electron chi connectivity index (χ1n) is 7.75. The number of alkyl carbamates (subject to hydrolysis) is 1. The number of aliphatic carboxylic acids is 1. The maximum absolute atomic E-state index is 12.0. The molecule has 1 heterocycles. The Kier molecular flexibility index (Phi) is 5.98. The van der Waals surface area contributed by atoms with Crippen molar-refractivity contribution in [2.75, 3.05) is 13.2 Å². The molecule has 6 heteroatoms. The number of carbonyl (C=O) groups excluding carboxylic acids is 1. The summed E-state index contributed by atoms with van der Waals surface area (Å²) in [5.41, 5.74) is 0.0320. The van der Waals surface area contributed by atoms with E-state index in [1.165, 1.54) is 0 Å². The van der Waals surface area contributed by atoms with Crippen LogP contribution in [0.25, 0.3) is 0 Å². The quantitative estimate of drug-likeness (QED) is 0.806. The standard InChI is InChI=1S/C17H23NO5/c1-17(10-15(19)20,9-14-7-8-22-11-14)18-16(21)23-12-13-5-3-2-4-6-13/h2-6,14H,7-12H2,1H3,(H,18,21)(H,19,20). The Morgan fingerprint density at radius 3 is 2.74 bits per heavy atom. The number of hydrogen-bond acceptors (Lipinski definition) is 4. The third-order valence-corrected chi connectivity index (χ3v) is 3.92. The number of amides is 1. The molecule has 1 amide bonds. The molecule has 0 bridgehead atoms. The lowest BCUT2D eigenvalue weighted by Gasteiger charge is -2.31. The monoisotopic (exact) mass is 321 g/mol. The van der Waals surface area contributed by atoms with Gasteiger partial charge < -0.3 is 19.9 Å². The lowest BCUT2D eigenvalue weighted by atomic mass is 9.86. The third kappa shape index (κ3) is 5.90. The van der Waals surface area contributed by atoms with Crippen LogP contribution in [0.15, 0.2) is 30.3 Å². The summed E-state index contributed by atoms with van der Waals surface area (Å²) in [7, 11) is 0. The molecule has 2 atom stereocenters. The van der Waals surface area contributed by atoms with E-state index in [-0.39, 0.29) is 18.9 Å². The molecule has 1 fully saturated rings. The molecule has 0 spiro atoms. The number of ether oxygens (including phenoxy) is 2. The van der Waals surface area contributed by atoms with Gasteiger partial charge in [-0.15, -0.1) is 0 Å². The second-order valence-electron chi connectivity index (χ2n) is 6.25. The molecule has 1 saturated heterocycles. The van der Waals surface area contributed by atoms with E-state index in [1.54, 1.807) is 6.92 Å². The summed E-state index contributed by atoms with van der Waals surface area (Å²) in [6.07, 6.45) is 0.691. The van der Waals surface area contributed by atoms with Crippen LogP contribution in [0, 0.1) is 5.92 Å². The predicted octanol–water partition coefficient (Wildman–Crippen LogP) is 2.57. The number of carbonyl (C=O) groups is 2. The number of carboxylic acids is 1. The fraction of sp³-hybridized carbons (Fsp3) is 0.529. The maximum atomic E-state index is 12.0. The molecule has 1 aliphatic rings. The highest BCUT2D eigenvalue weighted by molar-refractivity contribution is 5.72. The van der Waals surface area contributed by atoms with Crippen molar-refractivity contribution in [3.63, 3.8) is 0 Å². The molecule has 126 valence electrons. The molecular weight excluding hydrogens is 298 g/mol. The molecule has 0 radical (unpaired) electrons. The van der Waals surface area contributed by atoms with E-state index in [1.807, 2.05) is 30.3 Å². The minimum absolute atomic E-state index is 0.149. The lowest BCUT2D eigenvalue weighted by molar-refractivity contribution is -0.138. The highest BCUT2D eigenvalue weighted by atomic mass is 16.5. The summed E-state index contributed by atoms with van der Waals surface area (Å²) in [6.45, 7) is 3.19. The van der Waals surface area contributed by atoms with Gasteiger partial charge in [0.1, 0.15) is 6.61 Å². The SMILES string of the molecule is CC(CC(=O)O)(CC1CCOC1)NC(=O)OCc1ccccc1. The third-order valence-electron chi connectivity index (χ3n) is 3.92. The first-order chi connectivity index (χ1) is 11.0. The normalized spacial score (nSPS) is 19.8. The summed E-state index contributed by atoms with van der Waals surface area (Å²) in [5.74, 6) is -0.691. The molecule has 2 N–H and O–H groups in total. The minimum Gasteiger partial charge on any atom is -0.481 e. The molecule has 0 saturated carbocycles. The molecule has 6 nitrogen and oxygen atoms in total. The molecule has 1 aliphatic heterocycles. The number of nitrogens with one attached hydrogen (secondary N) is 1. The summed E-state index contributed by atoms with van der Waals surface area (Å²) in [4.78, 5) is 23.2. The first-order valence-corrected chi connectivity index (χ1v) is 7.75. The summed E-state index contributed by atoms with van der Waals surface area (Å²) in [6, 6.07) is 9.34. The summed E-state index contributed by atoms with van der Waals surface area (Å²) in [5, 5.41) is 11.8. The van der Waals surface area contributed by atoms with Crippen LogP contribution in [0.2, 0.25) is 0 Å². The number of carboxylic acid groups (broad SMARTS) is 1. The van der Waals surface area contributed by atoms with Crippen molar-refractivity contribution < 1.29 is 24.2 Å². The van der Waals surface area contributed by atoms with Crippen molar-refractivity contribution in [1.29, 1.82) is 0 Å². The van der Waals surface area contributed by atoms with Gasteiger partial charge in [-0.3, -0.25) is 4.79 Å². The van der Waals surface area contributed by atoms with E-state index in [9.17, 15) is 9.59 Å². The average Bonchev–Trinajstić information content (AvgIpc) is 2.97. The molecule has 0 aromatic heterocycles. The summed E-state index contributed by atoms with van der Waals surface area (Å²) >= 11 is 0. The molecule has 0 aliphatic carbocycles. The molecule has 23 heavy (non-hydrogen) atoms.